The predicted molar refractivity (Wildman–Crippen MR) is 349 cm³/mol. The third kappa shape index (κ3) is 23.4. The average molecular weight is 1350 g/mol. The molecule has 6 amide bonds. The van der Waals surface area contributed by atoms with E-state index in [1.54, 1.807) is 48.5 Å². The van der Waals surface area contributed by atoms with E-state index in [0.29, 0.717) is 48.9 Å². The molecular weight excluding hydrogens is 1260 g/mol. The number of unbranched alkanes of at least 4 members (excludes halogenated alkanes) is 3. The molecule has 0 saturated carbocycles. The normalized spacial score (nSPS) is 22.3. The van der Waals surface area contributed by atoms with Gasteiger partial charge in [0.1, 0.15) is 24.4 Å². The third-order valence-corrected chi connectivity index (χ3v) is 17.8. The molecule has 514 valence electrons. The first-order valence-electron chi connectivity index (χ1n) is 31.3. The van der Waals surface area contributed by atoms with E-state index in [9.17, 15) is 79.2 Å². The van der Waals surface area contributed by atoms with E-state index in [2.05, 4.69) is 31.9 Å². The lowest BCUT2D eigenvalue weighted by Gasteiger charge is -2.46. The number of carbonyl (C=O) groups is 8. The fourth-order valence-corrected chi connectivity index (χ4v) is 12.3. The Balaban J connectivity index is 0.792. The van der Waals surface area contributed by atoms with Crippen LogP contribution in [-0.2, 0) is 47.7 Å². The van der Waals surface area contributed by atoms with Crippen LogP contribution in [0.3, 0.4) is 0 Å². The van der Waals surface area contributed by atoms with Crippen molar-refractivity contribution in [3.8, 4) is 22.3 Å². The van der Waals surface area contributed by atoms with Crippen molar-refractivity contribution >= 4 is 70.9 Å². The van der Waals surface area contributed by atoms with Gasteiger partial charge in [-0.05, 0) is 83.7 Å². The molecule has 0 bridgehead atoms. The first kappa shape index (κ1) is 76.0. The number of thioether (sulfide) groups is 2. The van der Waals surface area contributed by atoms with Crippen molar-refractivity contribution in [3.05, 3.63) is 120 Å². The van der Waals surface area contributed by atoms with Gasteiger partial charge in [0, 0.05) is 88.3 Å². The lowest BCUT2D eigenvalue weighted by molar-refractivity contribution is -0.310. The molecule has 0 aliphatic carbocycles. The summed E-state index contributed by atoms with van der Waals surface area (Å²) in [5.41, 5.74) is 4.21. The molecule has 94 heavy (non-hydrogen) atoms. The minimum absolute atomic E-state index is 0.140. The van der Waals surface area contributed by atoms with E-state index >= 15 is 0 Å². The molecule has 2 fully saturated rings. The van der Waals surface area contributed by atoms with Crippen LogP contribution in [0.4, 0.5) is 0 Å². The van der Waals surface area contributed by atoms with Gasteiger partial charge in [-0.2, -0.15) is 23.5 Å². The van der Waals surface area contributed by atoms with E-state index in [0.717, 1.165) is 61.8 Å². The number of aliphatic hydroxyl groups excluding tert-OH is 6. The Labute approximate surface area is 554 Å². The first-order valence-corrected chi connectivity index (χ1v) is 33.6. The summed E-state index contributed by atoms with van der Waals surface area (Å²) >= 11 is 2.88. The van der Waals surface area contributed by atoms with Crippen molar-refractivity contribution in [2.45, 2.75) is 151 Å². The Bertz CT molecular complexity index is 2870. The number of benzene rings is 4. The van der Waals surface area contributed by atoms with Gasteiger partial charge in [0.05, 0.1) is 49.7 Å². The standard InChI is InChI=1S/C66H88N6O20S2/c1-41(73)71-55-49(75)37-65(63(85)86,91-59(55)57(81)51(77)39-69-61(83)47-23-19-45(20-24-47)43-15-7-5-8-16-43)89-31-13-33-93-35-27-53(79)67-29-11-3-4-12-30-68-54(80)28-36-94-34-14-32-90-66(64(87)88)38-50(76)56(72-42(2)74)60(92-66)58(82)52(78)40-70-62(84)48-25-21-46(22-26-48)44-17-9-6-10-18-44/h5-10,15-26,49-52,55-60,75-78,81-82H,3-4,11-14,27-40H2,1-2H3,(H,67,79)(H,68,80)(H,69,83)(H,70,84)(H,71,73)(H,72,74)(H,85,86)(H,87,88)/t49-,50-,51+,52+,55+,56+,57?,58?,59+,60+,65+,66+/m0/s1. The van der Waals surface area contributed by atoms with Crippen LogP contribution in [0.25, 0.3) is 22.3 Å². The van der Waals surface area contributed by atoms with Crippen molar-refractivity contribution in [2.24, 2.45) is 0 Å². The summed E-state index contributed by atoms with van der Waals surface area (Å²) in [5, 5.41) is 103. The molecule has 14 N–H and O–H groups in total. The van der Waals surface area contributed by atoms with Gasteiger partial charge in [-0.15, -0.1) is 0 Å². The van der Waals surface area contributed by atoms with Crippen molar-refractivity contribution in [1.29, 1.82) is 0 Å². The molecule has 28 heteroatoms. The minimum Gasteiger partial charge on any atom is -0.477 e. The summed E-state index contributed by atoms with van der Waals surface area (Å²) in [6.07, 6.45) is -10.9. The molecule has 2 unspecified atom stereocenters. The number of carboxylic acids is 2. The molecule has 2 saturated heterocycles. The maximum atomic E-state index is 13.0. The average Bonchev–Trinajstić information content (AvgIpc) is 0.779. The lowest BCUT2D eigenvalue weighted by atomic mass is 9.88. The molecular formula is C66H88N6O20S2. The van der Waals surface area contributed by atoms with Gasteiger partial charge in [0.2, 0.25) is 23.6 Å². The molecule has 2 heterocycles. The molecule has 4 aromatic rings. The zero-order valence-electron chi connectivity index (χ0n) is 52.6. The second-order valence-electron chi connectivity index (χ2n) is 22.9. The van der Waals surface area contributed by atoms with Gasteiger partial charge in [0.25, 0.3) is 23.4 Å². The number of aliphatic carboxylic acids is 2. The van der Waals surface area contributed by atoms with Gasteiger partial charge in [-0.25, -0.2) is 9.59 Å². The molecule has 6 rings (SSSR count). The van der Waals surface area contributed by atoms with Gasteiger partial charge in [-0.3, -0.25) is 28.8 Å². The number of hydrogen-bond acceptors (Lipinski definition) is 20. The summed E-state index contributed by atoms with van der Waals surface area (Å²) in [4.78, 5) is 101. The second kappa shape index (κ2) is 38.5. The molecule has 26 nitrogen and oxygen atoms in total. The van der Waals surface area contributed by atoms with Crippen LogP contribution < -0.4 is 31.9 Å². The van der Waals surface area contributed by atoms with Gasteiger partial charge in [0.15, 0.2) is 0 Å². The predicted octanol–water partition coefficient (Wildman–Crippen LogP) is 2.35. The Hall–Kier alpha value is -7.06. The topological polar surface area (TPSA) is 408 Å². The second-order valence-corrected chi connectivity index (χ2v) is 25.4. The zero-order chi connectivity index (χ0) is 68.2. The maximum Gasteiger partial charge on any atom is 0.364 e. The Morgan fingerprint density at radius 1 is 0.489 bits per heavy atom. The number of ether oxygens (including phenoxy) is 4. The van der Waals surface area contributed by atoms with Crippen LogP contribution in [0.15, 0.2) is 109 Å². The summed E-state index contributed by atoms with van der Waals surface area (Å²) in [7, 11) is 0. The summed E-state index contributed by atoms with van der Waals surface area (Å²) in [6, 6.07) is 29.8. The monoisotopic (exact) mass is 1350 g/mol. The molecule has 0 aromatic heterocycles. The quantitative estimate of drug-likeness (QED) is 0.0285. The fraction of sp³-hybridized carbons (Fsp3) is 0.515. The third-order valence-electron chi connectivity index (χ3n) is 15.7. The Morgan fingerprint density at radius 3 is 1.18 bits per heavy atom. The van der Waals surface area contributed by atoms with Crippen molar-refractivity contribution < 1.29 is 98.2 Å². The number of rotatable bonds is 39. The highest BCUT2D eigenvalue weighted by Gasteiger charge is 2.57. The van der Waals surface area contributed by atoms with E-state index < -0.39 is 134 Å². The van der Waals surface area contributed by atoms with Crippen LogP contribution in [0.2, 0.25) is 0 Å². The minimum atomic E-state index is -2.46. The summed E-state index contributed by atoms with van der Waals surface area (Å²) in [5.74, 6) is -8.91. The number of nitrogens with one attached hydrogen (secondary N) is 6. The molecule has 2 aliphatic rings. The molecule has 4 aromatic carbocycles. The Kier molecular flexibility index (Phi) is 31.1. The first-order chi connectivity index (χ1) is 45.0. The number of hydrogen-bond donors (Lipinski definition) is 14. The maximum absolute atomic E-state index is 13.0. The largest absolute Gasteiger partial charge is 0.477 e. The van der Waals surface area contributed by atoms with E-state index in [-0.39, 0.29) is 49.0 Å². The highest BCUT2D eigenvalue weighted by Crippen LogP contribution is 2.36. The van der Waals surface area contributed by atoms with Crippen LogP contribution >= 0.6 is 23.5 Å². The van der Waals surface area contributed by atoms with E-state index in [1.165, 1.54) is 23.5 Å². The van der Waals surface area contributed by atoms with Crippen molar-refractivity contribution in [1.82, 2.24) is 31.9 Å². The number of amides is 6. The van der Waals surface area contributed by atoms with Crippen molar-refractivity contribution in [3.63, 3.8) is 0 Å². The van der Waals surface area contributed by atoms with Crippen LogP contribution in [0.1, 0.15) is 98.8 Å². The molecule has 0 radical (unpaired) electrons. The van der Waals surface area contributed by atoms with Crippen molar-refractivity contribution in [2.75, 3.05) is 62.4 Å². The van der Waals surface area contributed by atoms with Crippen LogP contribution in [0, 0.1) is 0 Å². The van der Waals surface area contributed by atoms with Crippen LogP contribution in [-0.4, -0.2) is 223 Å². The fourth-order valence-electron chi connectivity index (χ4n) is 10.6. The van der Waals surface area contributed by atoms with Gasteiger partial charge in [-0.1, -0.05) is 97.8 Å². The Morgan fingerprint density at radius 2 is 0.840 bits per heavy atom. The van der Waals surface area contributed by atoms with Gasteiger partial charge < -0.3 is 91.7 Å². The number of aliphatic hydroxyl groups is 6. The highest BCUT2D eigenvalue weighted by atomic mass is 32.2. The lowest BCUT2D eigenvalue weighted by Crippen LogP contribution is -2.68. The SMILES string of the molecule is CC(=O)N[C@@H]1[C@@H](O)C[C@](OCCCSCCC(=O)NCCCCCCNC(=O)CCSCCCO[C@]2(C(=O)O)C[C@H](O)[C@@H](NC(C)=O)[C@H](C(O)[C@H](O)CNC(=O)c3ccc(-c4ccccc4)cc3)O2)(C(=O)O)O[C@H]1C(O)[C@H](O)CNC(=O)c1ccc(-c2ccccc2)cc1. The number of carbonyl (C=O) groups excluding carboxylic acids is 6. The summed E-state index contributed by atoms with van der Waals surface area (Å²) < 4.78 is 23.1. The molecule has 12 atom stereocenters. The summed E-state index contributed by atoms with van der Waals surface area (Å²) in [6.45, 7) is 1.95. The number of carboxylic acid groups (broad SMARTS) is 2. The van der Waals surface area contributed by atoms with Gasteiger partial charge >= 0.3 is 11.9 Å². The van der Waals surface area contributed by atoms with Crippen LogP contribution in [0.5, 0.6) is 0 Å². The highest BCUT2D eigenvalue weighted by molar-refractivity contribution is 7.99. The zero-order valence-corrected chi connectivity index (χ0v) is 54.2. The molecule has 0 spiro atoms. The van der Waals surface area contributed by atoms with E-state index in [4.69, 9.17) is 18.9 Å². The van der Waals surface area contributed by atoms with E-state index in [1.807, 2.05) is 60.7 Å². The smallest absolute Gasteiger partial charge is 0.364 e. The molecule has 2 aliphatic heterocycles.